The van der Waals surface area contributed by atoms with Crippen LogP contribution in [-0.2, 0) is 0 Å². The summed E-state index contributed by atoms with van der Waals surface area (Å²) >= 11 is 0. The van der Waals surface area contributed by atoms with Crippen molar-refractivity contribution in [3.8, 4) is 0 Å². The topological polar surface area (TPSA) is 23.5 Å². The van der Waals surface area contributed by atoms with E-state index in [2.05, 4.69) is 4.90 Å². The molecule has 2 atom stereocenters. The van der Waals surface area contributed by atoms with Gasteiger partial charge in [0.15, 0.2) is 0 Å². The highest BCUT2D eigenvalue weighted by molar-refractivity contribution is 5.75. The molecule has 2 nitrogen and oxygen atoms in total. The lowest BCUT2D eigenvalue weighted by Crippen LogP contribution is -2.27. The van der Waals surface area contributed by atoms with Gasteiger partial charge in [-0.2, -0.15) is 0 Å². The van der Waals surface area contributed by atoms with Crippen molar-refractivity contribution in [2.75, 3.05) is 19.7 Å². The third-order valence-electron chi connectivity index (χ3n) is 2.98. The molecule has 61 valence electrons. The quantitative estimate of drug-likeness (QED) is 0.538. The van der Waals surface area contributed by atoms with E-state index in [-0.39, 0.29) is 8.41 Å². The lowest BCUT2D eigenvalue weighted by Gasteiger charge is -2.17. The van der Waals surface area contributed by atoms with Crippen LogP contribution in [0.15, 0.2) is 0 Å². The van der Waals surface area contributed by atoms with Gasteiger partial charge in [-0.1, -0.05) is 0 Å². The van der Waals surface area contributed by atoms with Gasteiger partial charge in [0.2, 0.25) is 0 Å². The van der Waals surface area contributed by atoms with Gasteiger partial charge >= 0.3 is 0 Å². The van der Waals surface area contributed by atoms with Gasteiger partial charge < -0.3 is 10.0 Å². The molecule has 2 aliphatic heterocycles. The maximum Gasteiger partial charge on any atom is 0.0474 e. The van der Waals surface area contributed by atoms with Crippen LogP contribution in [0.4, 0.5) is 0 Å². The molecular weight excluding hydrogens is 137 g/mol. The number of rotatable bonds is 1. The SMILES string of the molecule is OC[C@H]1CCN2CCC[C@@H]12.[B]. The first-order chi connectivity index (χ1) is 4.92. The standard InChI is InChI=1S/C8H15NO.B/c10-6-7-3-5-9-4-1-2-8(7)9;/h7-8,10H,1-6H2;/t7-,8+;/m1./s1. The molecular formula is C8H15BNO. The Bertz CT molecular complexity index is 131. The molecule has 3 radical (unpaired) electrons. The zero-order valence-electron chi connectivity index (χ0n) is 6.87. The second kappa shape index (κ2) is 3.59. The molecule has 0 unspecified atom stereocenters. The van der Waals surface area contributed by atoms with Crippen LogP contribution in [0.1, 0.15) is 19.3 Å². The molecule has 0 aliphatic carbocycles. The third-order valence-corrected chi connectivity index (χ3v) is 2.98. The highest BCUT2D eigenvalue weighted by atomic mass is 16.3. The molecule has 0 aromatic heterocycles. The van der Waals surface area contributed by atoms with Crippen LogP contribution >= 0.6 is 0 Å². The van der Waals surface area contributed by atoms with Gasteiger partial charge in [-0.25, -0.2) is 0 Å². The molecule has 0 spiro atoms. The van der Waals surface area contributed by atoms with Gasteiger partial charge in [0.05, 0.1) is 0 Å². The molecule has 2 aliphatic rings. The Balaban J connectivity index is 0.000000605. The summed E-state index contributed by atoms with van der Waals surface area (Å²) in [5, 5.41) is 8.99. The average molecular weight is 152 g/mol. The minimum absolute atomic E-state index is 0. The average Bonchev–Trinajstić information content (AvgIpc) is 2.44. The van der Waals surface area contributed by atoms with Crippen molar-refractivity contribution in [1.29, 1.82) is 0 Å². The molecule has 3 heteroatoms. The van der Waals surface area contributed by atoms with Gasteiger partial charge in [0, 0.05) is 21.1 Å². The van der Waals surface area contributed by atoms with E-state index in [1.165, 1.54) is 32.4 Å². The molecule has 1 N–H and O–H groups in total. The summed E-state index contributed by atoms with van der Waals surface area (Å²) in [5.41, 5.74) is 0. The number of aliphatic hydroxyl groups is 1. The van der Waals surface area contributed by atoms with E-state index in [1.54, 1.807) is 0 Å². The summed E-state index contributed by atoms with van der Waals surface area (Å²) in [4.78, 5) is 2.53. The Hall–Kier alpha value is -0.0151. The molecule has 0 bridgehead atoms. The summed E-state index contributed by atoms with van der Waals surface area (Å²) in [7, 11) is 0. The number of fused-ring (bicyclic) bond motifs is 1. The van der Waals surface area contributed by atoms with Crippen molar-refractivity contribution in [3.63, 3.8) is 0 Å². The van der Waals surface area contributed by atoms with Crippen molar-refractivity contribution >= 4 is 8.41 Å². The van der Waals surface area contributed by atoms with Crippen LogP contribution in [0, 0.1) is 5.92 Å². The monoisotopic (exact) mass is 152 g/mol. The second-order valence-electron chi connectivity index (χ2n) is 3.48. The zero-order chi connectivity index (χ0) is 6.97. The summed E-state index contributed by atoms with van der Waals surface area (Å²) < 4.78 is 0. The predicted octanol–water partition coefficient (Wildman–Crippen LogP) is 0.0822. The van der Waals surface area contributed by atoms with Crippen molar-refractivity contribution in [1.82, 2.24) is 4.90 Å². The summed E-state index contributed by atoms with van der Waals surface area (Å²) in [6.07, 6.45) is 3.90. The Morgan fingerprint density at radius 1 is 1.27 bits per heavy atom. The fourth-order valence-electron chi connectivity index (χ4n) is 2.40. The van der Waals surface area contributed by atoms with Gasteiger partial charge in [-0.15, -0.1) is 0 Å². The first-order valence-electron chi connectivity index (χ1n) is 4.26. The normalized spacial score (nSPS) is 36.8. The van der Waals surface area contributed by atoms with Crippen LogP contribution in [0.5, 0.6) is 0 Å². The molecule has 11 heavy (non-hydrogen) atoms. The first kappa shape index (κ1) is 9.08. The summed E-state index contributed by atoms with van der Waals surface area (Å²) in [6.45, 7) is 2.91. The van der Waals surface area contributed by atoms with Gasteiger partial charge in [0.1, 0.15) is 0 Å². The summed E-state index contributed by atoms with van der Waals surface area (Å²) in [6, 6.07) is 0.741. The molecule has 2 saturated heterocycles. The van der Waals surface area contributed by atoms with E-state index in [1.807, 2.05) is 0 Å². The maximum absolute atomic E-state index is 8.99. The van der Waals surface area contributed by atoms with Crippen LogP contribution in [0.3, 0.4) is 0 Å². The van der Waals surface area contributed by atoms with E-state index in [0.717, 1.165) is 6.04 Å². The number of aliphatic hydroxyl groups excluding tert-OH is 1. The van der Waals surface area contributed by atoms with E-state index in [4.69, 9.17) is 5.11 Å². The van der Waals surface area contributed by atoms with Gasteiger partial charge in [0.25, 0.3) is 0 Å². The van der Waals surface area contributed by atoms with Gasteiger partial charge in [-0.05, 0) is 38.3 Å². The zero-order valence-corrected chi connectivity index (χ0v) is 6.87. The van der Waals surface area contributed by atoms with Crippen LogP contribution in [0.2, 0.25) is 0 Å². The third kappa shape index (κ3) is 1.45. The van der Waals surface area contributed by atoms with Crippen molar-refractivity contribution < 1.29 is 5.11 Å². The molecule has 0 saturated carbocycles. The molecule has 2 fully saturated rings. The predicted molar refractivity (Wildman–Crippen MR) is 45.5 cm³/mol. The largest absolute Gasteiger partial charge is 0.396 e. The second-order valence-corrected chi connectivity index (χ2v) is 3.48. The van der Waals surface area contributed by atoms with E-state index in [9.17, 15) is 0 Å². The first-order valence-corrected chi connectivity index (χ1v) is 4.26. The fraction of sp³-hybridized carbons (Fsp3) is 1.00. The highest BCUT2D eigenvalue weighted by Crippen LogP contribution is 2.31. The lowest BCUT2D eigenvalue weighted by molar-refractivity contribution is 0.191. The molecule has 2 rings (SSSR count). The summed E-state index contributed by atoms with van der Waals surface area (Å²) in [5.74, 6) is 0.600. The van der Waals surface area contributed by atoms with E-state index < -0.39 is 0 Å². The van der Waals surface area contributed by atoms with E-state index >= 15 is 0 Å². The lowest BCUT2D eigenvalue weighted by atomic mass is 10.00. The Kier molecular flexibility index (Phi) is 2.96. The molecule has 0 aromatic carbocycles. The number of hydrogen-bond donors (Lipinski definition) is 1. The smallest absolute Gasteiger partial charge is 0.0474 e. The molecule has 0 aromatic rings. The van der Waals surface area contributed by atoms with Crippen molar-refractivity contribution in [3.05, 3.63) is 0 Å². The van der Waals surface area contributed by atoms with Crippen LogP contribution < -0.4 is 0 Å². The fourth-order valence-corrected chi connectivity index (χ4v) is 2.40. The Morgan fingerprint density at radius 2 is 2.09 bits per heavy atom. The van der Waals surface area contributed by atoms with Crippen LogP contribution in [0.25, 0.3) is 0 Å². The van der Waals surface area contributed by atoms with Crippen molar-refractivity contribution in [2.24, 2.45) is 5.92 Å². The molecule has 0 amide bonds. The minimum atomic E-state index is 0. The minimum Gasteiger partial charge on any atom is -0.396 e. The molecule has 2 heterocycles. The number of nitrogens with zero attached hydrogens (tertiary/aromatic N) is 1. The van der Waals surface area contributed by atoms with Crippen molar-refractivity contribution in [2.45, 2.75) is 25.3 Å². The highest BCUT2D eigenvalue weighted by Gasteiger charge is 2.36. The van der Waals surface area contributed by atoms with Crippen LogP contribution in [-0.4, -0.2) is 44.2 Å². The number of hydrogen-bond acceptors (Lipinski definition) is 2. The van der Waals surface area contributed by atoms with Gasteiger partial charge in [-0.3, -0.25) is 0 Å². The Morgan fingerprint density at radius 3 is 2.82 bits per heavy atom. The van der Waals surface area contributed by atoms with E-state index in [0.29, 0.717) is 12.5 Å². The maximum atomic E-state index is 8.99. The Labute approximate surface area is 70.2 Å².